The van der Waals surface area contributed by atoms with Crippen LogP contribution in [0.15, 0.2) is 17.2 Å². The maximum atomic E-state index is 12.7. The molecule has 36 heavy (non-hydrogen) atoms. The Kier molecular flexibility index (Phi) is 6.34. The minimum Gasteiger partial charge on any atom is -0.487 e. The van der Waals surface area contributed by atoms with Crippen LogP contribution in [0.2, 0.25) is 0 Å². The summed E-state index contributed by atoms with van der Waals surface area (Å²) in [7, 11) is -1.19. The molecule has 11 nitrogen and oxygen atoms in total. The second-order valence-electron chi connectivity index (χ2n) is 9.59. The van der Waals surface area contributed by atoms with Crippen LogP contribution in [0.1, 0.15) is 32.0 Å². The van der Waals surface area contributed by atoms with Crippen LogP contribution < -0.4 is 25.6 Å². The molecule has 0 bridgehead atoms. The van der Waals surface area contributed by atoms with Gasteiger partial charge in [0.2, 0.25) is 5.95 Å². The van der Waals surface area contributed by atoms with Crippen LogP contribution in [0.3, 0.4) is 0 Å². The van der Waals surface area contributed by atoms with Gasteiger partial charge >= 0.3 is 6.09 Å². The van der Waals surface area contributed by atoms with Gasteiger partial charge in [0.25, 0.3) is 0 Å². The van der Waals surface area contributed by atoms with Crippen molar-refractivity contribution in [1.29, 1.82) is 0 Å². The summed E-state index contributed by atoms with van der Waals surface area (Å²) in [6, 6.07) is 2.02. The van der Waals surface area contributed by atoms with E-state index in [4.69, 9.17) is 25.2 Å². The van der Waals surface area contributed by atoms with Crippen molar-refractivity contribution in [3.63, 3.8) is 0 Å². The number of primary amides is 1. The Balaban J connectivity index is 1.38. The molecule has 0 spiro atoms. The highest BCUT2D eigenvalue weighted by Crippen LogP contribution is 2.36. The van der Waals surface area contributed by atoms with E-state index in [1.807, 2.05) is 19.9 Å². The average Bonchev–Trinajstić information content (AvgIpc) is 3.23. The van der Waals surface area contributed by atoms with Crippen LogP contribution in [0, 0.1) is 11.8 Å². The SMILES string of the molecule is CC#Cc1cnc2c(c1)OC[C@H]1CN(c3nc4c(c(NC(C)(C)COC(N)=O)n3)[S@](=O)CC4)CCN21. The molecule has 1 saturated heterocycles. The number of aromatic nitrogens is 3. The molecular formula is C24H29N7O4S. The summed E-state index contributed by atoms with van der Waals surface area (Å²) in [5.41, 5.74) is 6.08. The van der Waals surface area contributed by atoms with Crippen molar-refractivity contribution in [2.24, 2.45) is 5.73 Å². The number of carbonyl (C=O) groups excluding carboxylic acids is 1. The fourth-order valence-corrected chi connectivity index (χ4v) is 5.94. The molecule has 5 rings (SSSR count). The first kappa shape index (κ1) is 24.1. The van der Waals surface area contributed by atoms with E-state index in [0.717, 1.165) is 29.4 Å². The predicted molar refractivity (Wildman–Crippen MR) is 136 cm³/mol. The number of hydrogen-bond donors (Lipinski definition) is 2. The highest BCUT2D eigenvalue weighted by molar-refractivity contribution is 7.85. The van der Waals surface area contributed by atoms with Gasteiger partial charge in [-0.25, -0.2) is 14.8 Å². The number of nitrogens with zero attached hydrogens (tertiary/aromatic N) is 5. The first-order chi connectivity index (χ1) is 17.2. The maximum Gasteiger partial charge on any atom is 0.404 e. The molecule has 0 aromatic carbocycles. The lowest BCUT2D eigenvalue weighted by atomic mass is 10.1. The Hall–Kier alpha value is -3.59. The summed E-state index contributed by atoms with van der Waals surface area (Å²) in [6.07, 6.45) is 1.55. The molecule has 3 aliphatic rings. The molecule has 2 aromatic rings. The Morgan fingerprint density at radius 2 is 2.22 bits per heavy atom. The van der Waals surface area contributed by atoms with Crippen molar-refractivity contribution in [1.82, 2.24) is 15.0 Å². The normalized spacial score (nSPS) is 20.3. The number of anilines is 3. The summed E-state index contributed by atoms with van der Waals surface area (Å²) in [5, 5.41) is 3.31. The summed E-state index contributed by atoms with van der Waals surface area (Å²) < 4.78 is 23.8. The van der Waals surface area contributed by atoms with Gasteiger partial charge in [-0.1, -0.05) is 5.92 Å². The van der Waals surface area contributed by atoms with E-state index in [9.17, 15) is 9.00 Å². The van der Waals surface area contributed by atoms with E-state index in [1.165, 1.54) is 0 Å². The molecule has 2 aromatic heterocycles. The number of aryl methyl sites for hydroxylation is 1. The summed E-state index contributed by atoms with van der Waals surface area (Å²) >= 11 is 0. The fraction of sp³-hybridized carbons (Fsp3) is 0.500. The third kappa shape index (κ3) is 4.75. The molecule has 0 saturated carbocycles. The van der Waals surface area contributed by atoms with E-state index in [1.54, 1.807) is 13.1 Å². The molecule has 2 atom stereocenters. The number of ether oxygens (including phenoxy) is 2. The van der Waals surface area contributed by atoms with E-state index in [0.29, 0.717) is 48.5 Å². The lowest BCUT2D eigenvalue weighted by Gasteiger charge is -2.44. The third-order valence-electron chi connectivity index (χ3n) is 6.28. The van der Waals surface area contributed by atoms with E-state index < -0.39 is 22.4 Å². The van der Waals surface area contributed by atoms with Crippen LogP contribution in [-0.4, -0.2) is 75.4 Å². The van der Waals surface area contributed by atoms with Gasteiger partial charge in [0, 0.05) is 49.6 Å². The van der Waals surface area contributed by atoms with Crippen molar-refractivity contribution >= 4 is 34.5 Å². The number of piperazine rings is 1. The van der Waals surface area contributed by atoms with Gasteiger partial charge in [-0.15, -0.1) is 5.92 Å². The van der Waals surface area contributed by atoms with Gasteiger partial charge in [0.1, 0.15) is 23.9 Å². The van der Waals surface area contributed by atoms with Crippen LogP contribution in [0.5, 0.6) is 5.75 Å². The Labute approximate surface area is 212 Å². The summed E-state index contributed by atoms with van der Waals surface area (Å²) in [4.78, 5) is 30.3. The van der Waals surface area contributed by atoms with Gasteiger partial charge in [-0.3, -0.25) is 4.21 Å². The molecule has 5 heterocycles. The van der Waals surface area contributed by atoms with Gasteiger partial charge in [0.05, 0.1) is 28.1 Å². The second-order valence-corrected chi connectivity index (χ2v) is 11.1. The second kappa shape index (κ2) is 9.46. The molecule has 0 aliphatic carbocycles. The van der Waals surface area contributed by atoms with Crippen molar-refractivity contribution in [2.45, 2.75) is 43.7 Å². The zero-order valence-corrected chi connectivity index (χ0v) is 21.4. The van der Waals surface area contributed by atoms with Crippen LogP contribution >= 0.6 is 0 Å². The molecule has 1 fully saturated rings. The van der Waals surface area contributed by atoms with Crippen LogP contribution in [0.4, 0.5) is 22.4 Å². The summed E-state index contributed by atoms with van der Waals surface area (Å²) in [5.74, 6) is 9.09. The molecule has 3 N–H and O–H groups in total. The number of rotatable bonds is 5. The van der Waals surface area contributed by atoms with Crippen LogP contribution in [-0.2, 0) is 22.0 Å². The van der Waals surface area contributed by atoms with Crippen LogP contribution in [0.25, 0.3) is 0 Å². The van der Waals surface area contributed by atoms with Gasteiger partial charge in [-0.2, -0.15) is 4.98 Å². The van der Waals surface area contributed by atoms with Crippen molar-refractivity contribution in [3.8, 4) is 17.6 Å². The molecular weight excluding hydrogens is 482 g/mol. The molecule has 0 radical (unpaired) electrons. The Bertz CT molecular complexity index is 1290. The first-order valence-corrected chi connectivity index (χ1v) is 13.1. The summed E-state index contributed by atoms with van der Waals surface area (Å²) in [6.45, 7) is 8.18. The standard InChI is InChI=1S/C24H29N7O4S/c1-4-5-15-10-18-21(26-11-15)31-8-7-30(12-16(31)13-34-18)23-27-17-6-9-36(33)19(17)20(28-23)29-24(2,3)14-35-22(25)32/h10-11,16H,6-9,12-14H2,1-3H3,(H2,25,32)(H,27,28,29)/t16-,36-/m1/s1. The molecule has 190 valence electrons. The zero-order valence-electron chi connectivity index (χ0n) is 20.5. The highest BCUT2D eigenvalue weighted by atomic mass is 32.2. The zero-order chi connectivity index (χ0) is 25.4. The van der Waals surface area contributed by atoms with E-state index in [-0.39, 0.29) is 12.6 Å². The smallest absolute Gasteiger partial charge is 0.404 e. The minimum absolute atomic E-state index is 0.0408. The van der Waals surface area contributed by atoms with Gasteiger partial charge in [-0.05, 0) is 20.8 Å². The lowest BCUT2D eigenvalue weighted by Crippen LogP contribution is -2.58. The Morgan fingerprint density at radius 3 is 3.00 bits per heavy atom. The highest BCUT2D eigenvalue weighted by Gasteiger charge is 2.36. The molecule has 3 aliphatic heterocycles. The predicted octanol–water partition coefficient (Wildman–Crippen LogP) is 1.28. The van der Waals surface area contributed by atoms with Crippen molar-refractivity contribution in [3.05, 3.63) is 23.5 Å². The average molecular weight is 512 g/mol. The maximum absolute atomic E-state index is 12.7. The molecule has 0 unspecified atom stereocenters. The van der Waals surface area contributed by atoms with Crippen molar-refractivity contribution < 1.29 is 18.5 Å². The van der Waals surface area contributed by atoms with E-state index in [2.05, 4.69) is 31.9 Å². The fourth-order valence-electron chi connectivity index (χ4n) is 4.63. The number of pyridine rings is 1. The number of hydrogen-bond acceptors (Lipinski definition) is 10. The molecule has 12 heteroatoms. The van der Waals surface area contributed by atoms with E-state index >= 15 is 0 Å². The van der Waals surface area contributed by atoms with Crippen molar-refractivity contribution in [2.75, 3.05) is 53.7 Å². The quantitative estimate of drug-likeness (QED) is 0.565. The minimum atomic E-state index is -1.19. The first-order valence-electron chi connectivity index (χ1n) is 11.8. The number of fused-ring (bicyclic) bond motifs is 4. The largest absolute Gasteiger partial charge is 0.487 e. The molecule has 1 amide bonds. The Morgan fingerprint density at radius 1 is 1.39 bits per heavy atom. The number of nitrogens with two attached hydrogens (primary N) is 1. The number of amides is 1. The van der Waals surface area contributed by atoms with Gasteiger partial charge < -0.3 is 30.3 Å². The number of carbonyl (C=O) groups is 1. The third-order valence-corrected chi connectivity index (χ3v) is 7.74. The van der Waals surface area contributed by atoms with Gasteiger partial charge in [0.15, 0.2) is 11.6 Å². The monoisotopic (exact) mass is 511 g/mol. The number of nitrogens with one attached hydrogen (secondary N) is 1. The topological polar surface area (TPSA) is 136 Å². The lowest BCUT2D eigenvalue weighted by molar-refractivity contribution is 0.138.